The molecule has 6 heteroatoms. The van der Waals surface area contributed by atoms with Crippen LogP contribution in [0.1, 0.15) is 30.9 Å². The Morgan fingerprint density at radius 2 is 2.24 bits per heavy atom. The minimum Gasteiger partial charge on any atom is -0.491 e. The van der Waals surface area contributed by atoms with Crippen molar-refractivity contribution in [3.05, 3.63) is 28.5 Å². The number of carbonyl (C=O) groups is 1. The van der Waals surface area contributed by atoms with E-state index in [2.05, 4.69) is 5.32 Å². The van der Waals surface area contributed by atoms with E-state index in [1.165, 1.54) is 12.1 Å². The van der Waals surface area contributed by atoms with E-state index >= 15 is 0 Å². The topological polar surface area (TPSA) is 58.6 Å². The van der Waals surface area contributed by atoms with Crippen molar-refractivity contribution in [2.24, 2.45) is 11.8 Å². The van der Waals surface area contributed by atoms with Crippen LogP contribution in [0.3, 0.4) is 0 Å². The molecule has 2 N–H and O–H groups in total. The Morgan fingerprint density at radius 3 is 2.86 bits per heavy atom. The average molecular weight is 314 g/mol. The number of rotatable bonds is 5. The van der Waals surface area contributed by atoms with Crippen LogP contribution in [0.5, 0.6) is 5.75 Å². The summed E-state index contributed by atoms with van der Waals surface area (Å²) in [6, 6.07) is 2.38. The predicted molar refractivity (Wildman–Crippen MR) is 76.1 cm³/mol. The molecule has 0 bridgehead atoms. The summed E-state index contributed by atoms with van der Waals surface area (Å²) < 4.78 is 19.4. The van der Waals surface area contributed by atoms with Gasteiger partial charge in [-0.3, -0.25) is 4.79 Å². The normalized spacial score (nSPS) is 25.0. The Kier molecular flexibility index (Phi) is 4.04. The molecule has 0 spiro atoms. The molecule has 1 aliphatic heterocycles. The van der Waals surface area contributed by atoms with Crippen LogP contribution in [-0.4, -0.2) is 24.2 Å². The molecule has 1 saturated carbocycles. The predicted octanol–water partition coefficient (Wildman–Crippen LogP) is 3.00. The zero-order valence-corrected chi connectivity index (χ0v) is 12.2. The quantitative estimate of drug-likeness (QED) is 0.877. The van der Waals surface area contributed by atoms with Crippen LogP contribution >= 0.6 is 11.6 Å². The van der Waals surface area contributed by atoms with Gasteiger partial charge in [0.1, 0.15) is 11.6 Å². The lowest BCUT2D eigenvalue weighted by molar-refractivity contribution is -0.141. The minimum absolute atomic E-state index is 0.242. The maximum absolute atomic E-state index is 13.6. The smallest absolute Gasteiger partial charge is 0.307 e. The highest BCUT2D eigenvalue weighted by Gasteiger charge is 2.33. The number of ether oxygens (including phenoxy) is 1. The number of carboxylic acids is 1. The Morgan fingerprint density at radius 1 is 1.48 bits per heavy atom. The Bertz CT molecular complexity index is 562. The van der Waals surface area contributed by atoms with E-state index in [9.17, 15) is 9.18 Å². The fourth-order valence-corrected chi connectivity index (χ4v) is 2.91. The van der Waals surface area contributed by atoms with Gasteiger partial charge in [0.2, 0.25) is 0 Å². The van der Waals surface area contributed by atoms with Gasteiger partial charge in [-0.2, -0.15) is 0 Å². The molecule has 0 aromatic heterocycles. The fraction of sp³-hybridized carbons (Fsp3) is 0.533. The summed E-state index contributed by atoms with van der Waals surface area (Å²) in [6.07, 6.45) is 2.71. The second kappa shape index (κ2) is 5.81. The van der Waals surface area contributed by atoms with E-state index in [0.29, 0.717) is 36.8 Å². The molecule has 3 rings (SSSR count). The number of hydrogen-bond acceptors (Lipinski definition) is 3. The van der Waals surface area contributed by atoms with Gasteiger partial charge in [0, 0.05) is 18.2 Å². The molecule has 0 amide bonds. The zero-order chi connectivity index (χ0) is 15.0. The van der Waals surface area contributed by atoms with Crippen molar-refractivity contribution in [1.29, 1.82) is 0 Å². The van der Waals surface area contributed by atoms with Gasteiger partial charge in [-0.15, -0.1) is 0 Å². The maximum Gasteiger partial charge on any atom is 0.307 e. The molecule has 1 aliphatic carbocycles. The van der Waals surface area contributed by atoms with Crippen LogP contribution in [0.25, 0.3) is 0 Å². The van der Waals surface area contributed by atoms with Gasteiger partial charge in [0.25, 0.3) is 0 Å². The number of halogens is 2. The molecule has 2 atom stereocenters. The van der Waals surface area contributed by atoms with Gasteiger partial charge in [-0.25, -0.2) is 4.39 Å². The highest BCUT2D eigenvalue weighted by atomic mass is 35.5. The minimum atomic E-state index is -0.840. The van der Waals surface area contributed by atoms with Gasteiger partial charge in [0.05, 0.1) is 17.5 Å². The summed E-state index contributed by atoms with van der Waals surface area (Å²) in [5.41, 5.74) is 0.615. The van der Waals surface area contributed by atoms with Crippen molar-refractivity contribution in [1.82, 2.24) is 5.32 Å². The summed E-state index contributed by atoms with van der Waals surface area (Å²) in [7, 11) is 0. The molecule has 1 aromatic carbocycles. The van der Waals surface area contributed by atoms with Crippen molar-refractivity contribution < 1.29 is 19.0 Å². The van der Waals surface area contributed by atoms with Crippen LogP contribution in [0.4, 0.5) is 4.39 Å². The SMILES string of the molecule is O=C(O)C1CNC(c2cc(F)cc(Cl)c2OCC2CC2)C1. The van der Waals surface area contributed by atoms with Gasteiger partial charge in [-0.05, 0) is 37.3 Å². The molecule has 0 radical (unpaired) electrons. The van der Waals surface area contributed by atoms with Crippen molar-refractivity contribution in [2.45, 2.75) is 25.3 Å². The highest BCUT2D eigenvalue weighted by molar-refractivity contribution is 6.32. The van der Waals surface area contributed by atoms with Crippen LogP contribution in [0.15, 0.2) is 12.1 Å². The molecule has 2 fully saturated rings. The van der Waals surface area contributed by atoms with Crippen LogP contribution in [-0.2, 0) is 4.79 Å². The lowest BCUT2D eigenvalue weighted by Crippen LogP contribution is -2.18. The lowest BCUT2D eigenvalue weighted by Gasteiger charge is -2.18. The summed E-state index contributed by atoms with van der Waals surface area (Å²) in [6.45, 7) is 0.948. The Hall–Kier alpha value is -1.33. The summed E-state index contributed by atoms with van der Waals surface area (Å²) >= 11 is 6.11. The van der Waals surface area contributed by atoms with Crippen molar-refractivity contribution >= 4 is 17.6 Å². The summed E-state index contributed by atoms with van der Waals surface area (Å²) in [4.78, 5) is 11.0. The Balaban J connectivity index is 1.83. The second-order valence-corrected chi connectivity index (χ2v) is 6.20. The molecule has 21 heavy (non-hydrogen) atoms. The third kappa shape index (κ3) is 3.30. The number of benzene rings is 1. The maximum atomic E-state index is 13.6. The van der Waals surface area contributed by atoms with Crippen LogP contribution < -0.4 is 10.1 Å². The molecular formula is C15H17ClFNO3. The third-order valence-corrected chi connectivity index (χ3v) is 4.33. The first-order chi connectivity index (χ1) is 10.0. The number of nitrogens with one attached hydrogen (secondary N) is 1. The van der Waals surface area contributed by atoms with Gasteiger partial charge >= 0.3 is 5.97 Å². The molecule has 114 valence electrons. The first kappa shape index (κ1) is 14.6. The van der Waals surface area contributed by atoms with Gasteiger partial charge in [0.15, 0.2) is 0 Å². The number of carboxylic acid groups (broad SMARTS) is 1. The van der Waals surface area contributed by atoms with E-state index < -0.39 is 17.7 Å². The summed E-state index contributed by atoms with van der Waals surface area (Å²) in [5.74, 6) is -0.702. The second-order valence-electron chi connectivity index (χ2n) is 5.79. The first-order valence-corrected chi connectivity index (χ1v) is 7.50. The molecule has 2 aliphatic rings. The van der Waals surface area contributed by atoms with E-state index in [4.69, 9.17) is 21.4 Å². The molecule has 1 aromatic rings. The van der Waals surface area contributed by atoms with Crippen LogP contribution in [0.2, 0.25) is 5.02 Å². The largest absolute Gasteiger partial charge is 0.491 e. The zero-order valence-electron chi connectivity index (χ0n) is 11.4. The van der Waals surface area contributed by atoms with Gasteiger partial charge in [-0.1, -0.05) is 11.6 Å². The van der Waals surface area contributed by atoms with E-state index in [1.807, 2.05) is 0 Å². The molecule has 2 unspecified atom stereocenters. The molecule has 4 nitrogen and oxygen atoms in total. The van der Waals surface area contributed by atoms with Crippen LogP contribution in [0, 0.1) is 17.7 Å². The lowest BCUT2D eigenvalue weighted by atomic mass is 9.99. The van der Waals surface area contributed by atoms with Crippen molar-refractivity contribution in [3.8, 4) is 5.75 Å². The molecular weight excluding hydrogens is 297 g/mol. The van der Waals surface area contributed by atoms with E-state index in [0.717, 1.165) is 12.8 Å². The Labute approximate surface area is 127 Å². The standard InChI is InChI=1S/C15H17ClFNO3/c16-12-5-10(17)4-11(14(12)21-7-8-1-2-8)13-3-9(6-18-13)15(19)20/h4-5,8-9,13,18H,1-3,6-7H2,(H,19,20). The highest BCUT2D eigenvalue weighted by Crippen LogP contribution is 2.40. The van der Waals surface area contributed by atoms with E-state index in [-0.39, 0.29) is 11.1 Å². The first-order valence-electron chi connectivity index (χ1n) is 7.12. The van der Waals surface area contributed by atoms with E-state index in [1.54, 1.807) is 0 Å². The monoisotopic (exact) mass is 313 g/mol. The number of aliphatic carboxylic acids is 1. The average Bonchev–Trinajstić information content (AvgIpc) is 3.11. The third-order valence-electron chi connectivity index (χ3n) is 4.05. The molecule has 1 heterocycles. The van der Waals surface area contributed by atoms with Gasteiger partial charge < -0.3 is 15.2 Å². The fourth-order valence-electron chi connectivity index (χ4n) is 2.64. The number of hydrogen-bond donors (Lipinski definition) is 2. The van der Waals surface area contributed by atoms with Crippen molar-refractivity contribution in [2.75, 3.05) is 13.2 Å². The molecule has 1 saturated heterocycles. The van der Waals surface area contributed by atoms with Crippen molar-refractivity contribution in [3.63, 3.8) is 0 Å². The summed E-state index contributed by atoms with van der Waals surface area (Å²) in [5, 5.41) is 12.4.